The minimum absolute atomic E-state index is 0.0856. The molecule has 2 aromatic rings. The third kappa shape index (κ3) is 2.85. The van der Waals surface area contributed by atoms with Crippen LogP contribution in [0.4, 0.5) is 4.39 Å². The number of rotatable bonds is 5. The summed E-state index contributed by atoms with van der Waals surface area (Å²) in [6, 6.07) is 7.06. The average molecular weight is 277 g/mol. The number of carbonyl (C=O) groups is 1. The van der Waals surface area contributed by atoms with Crippen LogP contribution in [0, 0.1) is 5.82 Å². The van der Waals surface area contributed by atoms with Crippen molar-refractivity contribution in [3.63, 3.8) is 0 Å². The van der Waals surface area contributed by atoms with Crippen molar-refractivity contribution in [3.8, 4) is 17.4 Å². The molecule has 0 saturated carbocycles. The maximum atomic E-state index is 13.5. The Morgan fingerprint density at radius 1 is 1.30 bits per heavy atom. The van der Waals surface area contributed by atoms with Crippen molar-refractivity contribution in [2.24, 2.45) is 0 Å². The monoisotopic (exact) mass is 277 g/mol. The second-order valence-electron chi connectivity index (χ2n) is 3.76. The van der Waals surface area contributed by atoms with Gasteiger partial charge in [0.15, 0.2) is 5.75 Å². The SMILES string of the molecule is CCOc1cccnc1Oc1cccc(F)c1C(=O)O. The Kier molecular flexibility index (Phi) is 4.14. The summed E-state index contributed by atoms with van der Waals surface area (Å²) in [5.74, 6) is -1.97. The summed E-state index contributed by atoms with van der Waals surface area (Å²) in [5, 5.41) is 9.03. The topological polar surface area (TPSA) is 68.7 Å². The predicted molar refractivity (Wildman–Crippen MR) is 68.8 cm³/mol. The normalized spacial score (nSPS) is 10.1. The van der Waals surface area contributed by atoms with Crippen molar-refractivity contribution in [1.82, 2.24) is 4.98 Å². The second-order valence-corrected chi connectivity index (χ2v) is 3.76. The zero-order valence-electron chi connectivity index (χ0n) is 10.7. The van der Waals surface area contributed by atoms with E-state index in [0.717, 1.165) is 6.07 Å². The molecule has 0 atom stereocenters. The van der Waals surface area contributed by atoms with E-state index in [2.05, 4.69) is 4.98 Å². The minimum Gasteiger partial charge on any atom is -0.488 e. The van der Waals surface area contributed by atoms with Gasteiger partial charge in [-0.1, -0.05) is 6.07 Å². The molecule has 0 fully saturated rings. The highest BCUT2D eigenvalue weighted by Crippen LogP contribution is 2.31. The van der Waals surface area contributed by atoms with Crippen molar-refractivity contribution >= 4 is 5.97 Å². The molecule has 0 bridgehead atoms. The summed E-state index contributed by atoms with van der Waals surface area (Å²) < 4.78 is 24.2. The highest BCUT2D eigenvalue weighted by atomic mass is 19.1. The van der Waals surface area contributed by atoms with Crippen LogP contribution in [-0.4, -0.2) is 22.7 Å². The van der Waals surface area contributed by atoms with Crippen molar-refractivity contribution in [2.75, 3.05) is 6.61 Å². The van der Waals surface area contributed by atoms with Crippen LogP contribution in [-0.2, 0) is 0 Å². The van der Waals surface area contributed by atoms with E-state index in [1.165, 1.54) is 18.3 Å². The summed E-state index contributed by atoms with van der Waals surface area (Å²) >= 11 is 0. The van der Waals surface area contributed by atoms with Gasteiger partial charge in [-0.15, -0.1) is 0 Å². The number of hydrogen-bond acceptors (Lipinski definition) is 4. The van der Waals surface area contributed by atoms with Gasteiger partial charge in [0.2, 0.25) is 0 Å². The van der Waals surface area contributed by atoms with Gasteiger partial charge in [0.05, 0.1) is 6.61 Å². The van der Waals surface area contributed by atoms with Crippen LogP contribution in [0.5, 0.6) is 17.4 Å². The van der Waals surface area contributed by atoms with Crippen LogP contribution in [0.1, 0.15) is 17.3 Å². The van der Waals surface area contributed by atoms with Gasteiger partial charge in [0.25, 0.3) is 5.88 Å². The number of benzene rings is 1. The first-order valence-corrected chi connectivity index (χ1v) is 5.91. The van der Waals surface area contributed by atoms with Gasteiger partial charge in [-0.2, -0.15) is 0 Å². The average Bonchev–Trinajstić information content (AvgIpc) is 2.41. The first-order valence-electron chi connectivity index (χ1n) is 5.91. The van der Waals surface area contributed by atoms with Gasteiger partial charge in [0.1, 0.15) is 17.1 Å². The van der Waals surface area contributed by atoms with Crippen molar-refractivity contribution in [2.45, 2.75) is 6.92 Å². The number of ether oxygens (including phenoxy) is 2. The number of aromatic nitrogens is 1. The lowest BCUT2D eigenvalue weighted by atomic mass is 10.2. The summed E-state index contributed by atoms with van der Waals surface area (Å²) in [6.07, 6.45) is 1.47. The van der Waals surface area contributed by atoms with Gasteiger partial charge in [-0.25, -0.2) is 14.2 Å². The second kappa shape index (κ2) is 6.01. The number of nitrogens with zero attached hydrogens (tertiary/aromatic N) is 1. The van der Waals surface area contributed by atoms with Crippen LogP contribution < -0.4 is 9.47 Å². The van der Waals surface area contributed by atoms with E-state index < -0.39 is 17.3 Å². The zero-order valence-corrected chi connectivity index (χ0v) is 10.7. The van der Waals surface area contributed by atoms with Crippen molar-refractivity contribution < 1.29 is 23.8 Å². The Balaban J connectivity index is 2.40. The molecule has 0 spiro atoms. The standard InChI is InChI=1S/C14H12FNO4/c1-2-19-11-7-4-8-16-13(11)20-10-6-3-5-9(15)12(10)14(17)18/h3-8H,2H2,1H3,(H,17,18). The first kappa shape index (κ1) is 13.8. The Morgan fingerprint density at radius 3 is 2.75 bits per heavy atom. The van der Waals surface area contributed by atoms with Gasteiger partial charge in [-0.3, -0.25) is 0 Å². The van der Waals surface area contributed by atoms with Gasteiger partial charge in [-0.05, 0) is 31.2 Å². The van der Waals surface area contributed by atoms with E-state index in [1.807, 2.05) is 0 Å². The molecular formula is C14H12FNO4. The first-order chi connectivity index (χ1) is 9.63. The Hall–Kier alpha value is -2.63. The summed E-state index contributed by atoms with van der Waals surface area (Å²) in [7, 11) is 0. The van der Waals surface area contributed by atoms with E-state index in [4.69, 9.17) is 14.6 Å². The van der Waals surface area contributed by atoms with Crippen LogP contribution in [0.3, 0.4) is 0 Å². The smallest absolute Gasteiger partial charge is 0.342 e. The molecule has 5 nitrogen and oxygen atoms in total. The van der Waals surface area contributed by atoms with E-state index in [-0.39, 0.29) is 11.6 Å². The number of halogens is 1. The molecule has 2 rings (SSSR count). The summed E-state index contributed by atoms with van der Waals surface area (Å²) in [4.78, 5) is 15.0. The van der Waals surface area contributed by atoms with Gasteiger partial charge < -0.3 is 14.6 Å². The predicted octanol–water partition coefficient (Wildman–Crippen LogP) is 3.11. The maximum absolute atomic E-state index is 13.5. The molecule has 0 radical (unpaired) electrons. The molecule has 0 aliphatic carbocycles. The van der Waals surface area contributed by atoms with E-state index in [1.54, 1.807) is 19.1 Å². The molecule has 1 N–H and O–H groups in total. The van der Waals surface area contributed by atoms with E-state index >= 15 is 0 Å². The van der Waals surface area contributed by atoms with Gasteiger partial charge >= 0.3 is 5.97 Å². The third-order valence-electron chi connectivity index (χ3n) is 2.43. The number of carboxylic acid groups (broad SMARTS) is 1. The number of carboxylic acids is 1. The minimum atomic E-state index is -1.41. The summed E-state index contributed by atoms with van der Waals surface area (Å²) in [6.45, 7) is 2.19. The molecule has 104 valence electrons. The molecule has 0 saturated heterocycles. The maximum Gasteiger partial charge on any atom is 0.342 e. The lowest BCUT2D eigenvalue weighted by molar-refractivity contribution is 0.0688. The fraction of sp³-hybridized carbons (Fsp3) is 0.143. The molecule has 20 heavy (non-hydrogen) atoms. The quantitative estimate of drug-likeness (QED) is 0.909. The van der Waals surface area contributed by atoms with Crippen LogP contribution in [0.15, 0.2) is 36.5 Å². The molecule has 1 heterocycles. The van der Waals surface area contributed by atoms with Crippen molar-refractivity contribution in [3.05, 3.63) is 47.9 Å². The van der Waals surface area contributed by atoms with Crippen molar-refractivity contribution in [1.29, 1.82) is 0 Å². The molecule has 0 amide bonds. The number of hydrogen-bond donors (Lipinski definition) is 1. The molecule has 6 heteroatoms. The largest absolute Gasteiger partial charge is 0.488 e. The molecule has 1 aromatic carbocycles. The molecule has 0 aliphatic heterocycles. The Labute approximate surface area is 114 Å². The highest BCUT2D eigenvalue weighted by Gasteiger charge is 2.19. The number of aromatic carboxylic acids is 1. The van der Waals surface area contributed by atoms with E-state index in [9.17, 15) is 9.18 Å². The lowest BCUT2D eigenvalue weighted by Gasteiger charge is -2.11. The third-order valence-corrected chi connectivity index (χ3v) is 2.43. The Morgan fingerprint density at radius 2 is 2.05 bits per heavy atom. The summed E-state index contributed by atoms with van der Waals surface area (Å²) in [5.41, 5.74) is -0.541. The van der Waals surface area contributed by atoms with Gasteiger partial charge in [0, 0.05) is 6.20 Å². The zero-order chi connectivity index (χ0) is 14.5. The number of pyridine rings is 1. The van der Waals surface area contributed by atoms with Crippen LogP contribution in [0.25, 0.3) is 0 Å². The molecule has 1 aromatic heterocycles. The molecule has 0 aliphatic rings. The fourth-order valence-electron chi connectivity index (χ4n) is 1.62. The highest BCUT2D eigenvalue weighted by molar-refractivity contribution is 5.91. The lowest BCUT2D eigenvalue weighted by Crippen LogP contribution is -2.04. The molecular weight excluding hydrogens is 265 g/mol. The van der Waals surface area contributed by atoms with E-state index in [0.29, 0.717) is 12.4 Å². The molecule has 0 unspecified atom stereocenters. The van der Waals surface area contributed by atoms with Crippen LogP contribution in [0.2, 0.25) is 0 Å². The fourth-order valence-corrected chi connectivity index (χ4v) is 1.62. The van der Waals surface area contributed by atoms with Crippen LogP contribution >= 0.6 is 0 Å². The Bertz CT molecular complexity index is 630.